The third kappa shape index (κ3) is 6.63. The van der Waals surface area contributed by atoms with Gasteiger partial charge in [0.1, 0.15) is 6.42 Å². The second-order valence-electron chi connectivity index (χ2n) is 3.74. The molecule has 0 rings (SSSR count). The van der Waals surface area contributed by atoms with Gasteiger partial charge >= 0.3 is 0 Å². The smallest absolute Gasteiger partial charge is 0.254 e. The highest BCUT2D eigenvalue weighted by Crippen LogP contribution is 2.13. The largest absolute Gasteiger partial charge is 0.390 e. The van der Waals surface area contributed by atoms with Crippen LogP contribution in [0.1, 0.15) is 40.0 Å². The number of nitriles is 1. The summed E-state index contributed by atoms with van der Waals surface area (Å²) in [6.45, 7) is 5.31. The van der Waals surface area contributed by atoms with E-state index in [-0.39, 0.29) is 6.42 Å². The third-order valence-electron chi connectivity index (χ3n) is 2.01. The molecule has 0 aliphatic heterocycles. The lowest BCUT2D eigenvalue weighted by molar-refractivity contribution is -0.120. The van der Waals surface area contributed by atoms with E-state index in [4.69, 9.17) is 5.26 Å². The predicted octanol–water partition coefficient (Wildman–Crippen LogP) is 0.943. The highest BCUT2D eigenvalue weighted by Gasteiger charge is 2.18. The monoisotopic (exact) mass is 211 g/mol. The lowest BCUT2D eigenvalue weighted by Gasteiger charge is -2.20. The number of amides is 1. The zero-order chi connectivity index (χ0) is 11.9. The van der Waals surface area contributed by atoms with Crippen molar-refractivity contribution in [2.45, 2.75) is 45.6 Å². The molecule has 0 radical (unpaired) electrons. The molecule has 0 aromatic carbocycles. The van der Waals surface area contributed by atoms with Crippen molar-refractivity contribution in [1.82, 2.24) is 5.43 Å². The SMILES string of the molecule is CCC(C)(O)C/C(C)=N\NC(=O)CC#N. The minimum Gasteiger partial charge on any atom is -0.390 e. The number of hydrazone groups is 1. The van der Waals surface area contributed by atoms with Crippen LogP contribution in [0.3, 0.4) is 0 Å². The maximum absolute atomic E-state index is 10.9. The summed E-state index contributed by atoms with van der Waals surface area (Å²) in [6, 6.07) is 1.72. The first-order valence-electron chi connectivity index (χ1n) is 4.82. The Hall–Kier alpha value is -1.41. The number of aliphatic hydroxyl groups is 1. The van der Waals surface area contributed by atoms with Gasteiger partial charge in [-0.3, -0.25) is 4.79 Å². The van der Waals surface area contributed by atoms with Crippen molar-refractivity contribution in [3.8, 4) is 6.07 Å². The van der Waals surface area contributed by atoms with Crippen molar-refractivity contribution in [3.05, 3.63) is 0 Å². The van der Waals surface area contributed by atoms with Gasteiger partial charge in [0, 0.05) is 12.1 Å². The van der Waals surface area contributed by atoms with Gasteiger partial charge in [-0.05, 0) is 20.3 Å². The first kappa shape index (κ1) is 13.6. The number of rotatable bonds is 5. The average molecular weight is 211 g/mol. The molecule has 2 N–H and O–H groups in total. The fourth-order valence-corrected chi connectivity index (χ4v) is 0.985. The van der Waals surface area contributed by atoms with Gasteiger partial charge < -0.3 is 5.11 Å². The predicted molar refractivity (Wildman–Crippen MR) is 57.0 cm³/mol. The zero-order valence-electron chi connectivity index (χ0n) is 9.37. The number of nitrogens with one attached hydrogen (secondary N) is 1. The third-order valence-corrected chi connectivity index (χ3v) is 2.01. The Morgan fingerprint density at radius 3 is 2.73 bits per heavy atom. The summed E-state index contributed by atoms with van der Waals surface area (Å²) in [6.07, 6.45) is 0.809. The lowest BCUT2D eigenvalue weighted by Crippen LogP contribution is -2.27. The van der Waals surface area contributed by atoms with E-state index in [1.54, 1.807) is 19.9 Å². The van der Waals surface area contributed by atoms with Gasteiger partial charge in [0.05, 0.1) is 11.7 Å². The Labute approximate surface area is 89.8 Å². The van der Waals surface area contributed by atoms with Gasteiger partial charge in [-0.25, -0.2) is 5.43 Å². The number of carbonyl (C=O) groups excluding carboxylic acids is 1. The summed E-state index contributed by atoms with van der Waals surface area (Å²) in [5.41, 5.74) is 2.08. The van der Waals surface area contributed by atoms with E-state index in [1.807, 2.05) is 6.92 Å². The minimum absolute atomic E-state index is 0.207. The van der Waals surface area contributed by atoms with Gasteiger partial charge in [0.15, 0.2) is 0 Å². The van der Waals surface area contributed by atoms with E-state index in [1.165, 1.54) is 0 Å². The van der Waals surface area contributed by atoms with Gasteiger partial charge in [0.2, 0.25) is 0 Å². The molecule has 0 saturated carbocycles. The fourth-order valence-electron chi connectivity index (χ4n) is 0.985. The fraction of sp³-hybridized carbons (Fsp3) is 0.700. The van der Waals surface area contributed by atoms with Crippen LogP contribution in [0.25, 0.3) is 0 Å². The topological polar surface area (TPSA) is 85.5 Å². The summed E-state index contributed by atoms with van der Waals surface area (Å²) in [4.78, 5) is 10.9. The van der Waals surface area contributed by atoms with Crippen LogP contribution in [0.5, 0.6) is 0 Å². The van der Waals surface area contributed by atoms with E-state index in [2.05, 4.69) is 10.5 Å². The van der Waals surface area contributed by atoms with Crippen molar-refractivity contribution in [2.24, 2.45) is 5.10 Å². The molecule has 0 aliphatic rings. The van der Waals surface area contributed by atoms with Crippen LogP contribution in [-0.4, -0.2) is 22.3 Å². The van der Waals surface area contributed by atoms with E-state index in [0.29, 0.717) is 18.6 Å². The number of hydrogen-bond acceptors (Lipinski definition) is 4. The molecule has 0 aliphatic carbocycles. The summed E-state index contributed by atoms with van der Waals surface area (Å²) in [7, 11) is 0. The molecular formula is C10H17N3O2. The molecule has 0 heterocycles. The number of hydrogen-bond donors (Lipinski definition) is 2. The zero-order valence-corrected chi connectivity index (χ0v) is 9.37. The van der Waals surface area contributed by atoms with Gasteiger partial charge in [-0.15, -0.1) is 0 Å². The molecule has 0 aromatic rings. The van der Waals surface area contributed by atoms with Crippen molar-refractivity contribution < 1.29 is 9.90 Å². The van der Waals surface area contributed by atoms with E-state index in [9.17, 15) is 9.90 Å². The molecule has 1 amide bonds. The highest BCUT2D eigenvalue weighted by atomic mass is 16.3. The normalized spacial score (nSPS) is 15.3. The van der Waals surface area contributed by atoms with Crippen LogP contribution in [0.2, 0.25) is 0 Å². The number of carbonyl (C=O) groups is 1. The number of nitrogens with zero attached hydrogens (tertiary/aromatic N) is 2. The first-order chi connectivity index (χ1) is 6.91. The summed E-state index contributed by atoms with van der Waals surface area (Å²) >= 11 is 0. The van der Waals surface area contributed by atoms with Crippen molar-refractivity contribution in [1.29, 1.82) is 5.26 Å². The second kappa shape index (κ2) is 6.14. The van der Waals surface area contributed by atoms with Crippen LogP contribution in [0.4, 0.5) is 0 Å². The standard InChI is InChI=1S/C10H17N3O2/c1-4-10(3,15)7-8(2)12-13-9(14)5-6-11/h15H,4-5,7H2,1-3H3,(H,13,14)/b12-8-. The first-order valence-corrected chi connectivity index (χ1v) is 4.82. The molecule has 0 saturated heterocycles. The van der Waals surface area contributed by atoms with Crippen LogP contribution >= 0.6 is 0 Å². The average Bonchev–Trinajstić information content (AvgIpc) is 2.15. The molecule has 1 atom stereocenters. The molecular weight excluding hydrogens is 194 g/mol. The summed E-state index contributed by atoms with van der Waals surface area (Å²) < 4.78 is 0. The van der Waals surface area contributed by atoms with Crippen molar-refractivity contribution >= 4 is 11.6 Å². The maximum atomic E-state index is 10.9. The van der Waals surface area contributed by atoms with Crippen LogP contribution in [-0.2, 0) is 4.79 Å². The molecule has 15 heavy (non-hydrogen) atoms. The quantitative estimate of drug-likeness (QED) is 0.524. The summed E-state index contributed by atoms with van der Waals surface area (Å²) in [5, 5.41) is 21.7. The van der Waals surface area contributed by atoms with Crippen molar-refractivity contribution in [3.63, 3.8) is 0 Å². The molecule has 0 bridgehead atoms. The molecule has 5 nitrogen and oxygen atoms in total. The van der Waals surface area contributed by atoms with E-state index in [0.717, 1.165) is 0 Å². The highest BCUT2D eigenvalue weighted by molar-refractivity contribution is 5.85. The van der Waals surface area contributed by atoms with Crippen LogP contribution in [0.15, 0.2) is 5.10 Å². The van der Waals surface area contributed by atoms with E-state index < -0.39 is 11.5 Å². The molecule has 0 aromatic heterocycles. The van der Waals surface area contributed by atoms with Gasteiger partial charge in [-0.1, -0.05) is 6.92 Å². The Morgan fingerprint density at radius 1 is 1.67 bits per heavy atom. The Morgan fingerprint density at radius 2 is 2.27 bits per heavy atom. The van der Waals surface area contributed by atoms with Gasteiger partial charge in [-0.2, -0.15) is 10.4 Å². The minimum atomic E-state index is -0.798. The van der Waals surface area contributed by atoms with Crippen LogP contribution < -0.4 is 5.43 Å². The molecule has 1 unspecified atom stereocenters. The summed E-state index contributed by atoms with van der Waals surface area (Å²) in [5.74, 6) is -0.437. The Kier molecular flexibility index (Phi) is 5.57. The molecule has 0 fully saturated rings. The lowest BCUT2D eigenvalue weighted by atomic mass is 9.97. The van der Waals surface area contributed by atoms with Crippen LogP contribution in [0, 0.1) is 11.3 Å². The van der Waals surface area contributed by atoms with Crippen molar-refractivity contribution in [2.75, 3.05) is 0 Å². The van der Waals surface area contributed by atoms with Gasteiger partial charge in [0.25, 0.3) is 5.91 Å². The molecule has 0 spiro atoms. The van der Waals surface area contributed by atoms with E-state index >= 15 is 0 Å². The Balaban J connectivity index is 4.11. The second-order valence-corrected chi connectivity index (χ2v) is 3.74. The Bertz CT molecular complexity index is 290. The maximum Gasteiger partial charge on any atom is 0.254 e. The molecule has 84 valence electrons. The molecule has 5 heteroatoms.